The smallest absolute Gasteiger partial charge is 0.337 e. The molecule has 1 amide bonds. The van der Waals surface area contributed by atoms with Crippen LogP contribution < -0.4 is 0 Å². The van der Waals surface area contributed by atoms with Crippen LogP contribution in [-0.2, 0) is 9.53 Å². The van der Waals surface area contributed by atoms with E-state index < -0.39 is 11.9 Å². The third-order valence-electron chi connectivity index (χ3n) is 4.04. The number of likely N-dealkylation sites (N-methyl/N-ethyl adjacent to an activating group) is 1. The van der Waals surface area contributed by atoms with Crippen LogP contribution >= 0.6 is 23.4 Å². The molecule has 0 aliphatic carbocycles. The second-order valence-corrected chi connectivity index (χ2v) is 7.37. The lowest BCUT2D eigenvalue weighted by molar-refractivity contribution is -0.121. The predicted octanol–water partition coefficient (Wildman–Crippen LogP) is 4.06. The Morgan fingerprint density at radius 1 is 1.21 bits per heavy atom. The second-order valence-electron chi connectivity index (χ2n) is 5.95. The number of amidine groups is 1. The second kappa shape index (κ2) is 8.50. The van der Waals surface area contributed by atoms with Crippen LogP contribution in [0.2, 0.25) is 5.02 Å². The van der Waals surface area contributed by atoms with Crippen molar-refractivity contribution in [1.82, 2.24) is 4.90 Å². The molecule has 1 saturated heterocycles. The molecule has 9 heteroatoms. The summed E-state index contributed by atoms with van der Waals surface area (Å²) in [6, 6.07) is 11.0. The van der Waals surface area contributed by atoms with Crippen molar-refractivity contribution in [2.75, 3.05) is 14.2 Å². The summed E-state index contributed by atoms with van der Waals surface area (Å²) in [7, 11) is 2.90. The molecule has 1 aliphatic heterocycles. The zero-order chi connectivity index (χ0) is 21.1. The number of halogens is 1. The molecule has 1 heterocycles. The van der Waals surface area contributed by atoms with E-state index in [2.05, 4.69) is 9.73 Å². The van der Waals surface area contributed by atoms with Gasteiger partial charge < -0.3 is 9.84 Å². The molecule has 0 spiro atoms. The van der Waals surface area contributed by atoms with Gasteiger partial charge in [-0.05, 0) is 53.7 Å². The molecule has 0 saturated carbocycles. The van der Waals surface area contributed by atoms with Crippen molar-refractivity contribution in [3.05, 3.63) is 69.1 Å². The first-order chi connectivity index (χ1) is 13.8. The fourth-order valence-electron chi connectivity index (χ4n) is 2.49. The Kier molecular flexibility index (Phi) is 6.05. The van der Waals surface area contributed by atoms with E-state index in [1.807, 2.05) is 0 Å². The Bertz CT molecular complexity index is 1060. The quantitative estimate of drug-likeness (QED) is 0.580. The first kappa shape index (κ1) is 20.6. The number of amides is 1. The van der Waals surface area contributed by atoms with Crippen LogP contribution in [0.1, 0.15) is 26.3 Å². The van der Waals surface area contributed by atoms with Crippen molar-refractivity contribution < 1.29 is 24.2 Å². The van der Waals surface area contributed by atoms with Crippen LogP contribution in [0.3, 0.4) is 0 Å². The number of nitrogens with zero attached hydrogens (tertiary/aromatic N) is 2. The Balaban J connectivity index is 1.87. The lowest BCUT2D eigenvalue weighted by atomic mass is 10.1. The Morgan fingerprint density at radius 3 is 2.52 bits per heavy atom. The van der Waals surface area contributed by atoms with Gasteiger partial charge in [0.2, 0.25) is 0 Å². The minimum atomic E-state index is -1.16. The van der Waals surface area contributed by atoms with Gasteiger partial charge in [-0.15, -0.1) is 0 Å². The maximum atomic E-state index is 12.5. The van der Waals surface area contributed by atoms with Gasteiger partial charge in [-0.2, -0.15) is 0 Å². The van der Waals surface area contributed by atoms with E-state index in [4.69, 9.17) is 11.6 Å². The van der Waals surface area contributed by atoms with Crippen LogP contribution in [0.25, 0.3) is 6.08 Å². The van der Waals surface area contributed by atoms with Crippen molar-refractivity contribution in [2.45, 2.75) is 0 Å². The summed E-state index contributed by atoms with van der Waals surface area (Å²) in [5, 5.41) is 9.70. The highest BCUT2D eigenvalue weighted by Crippen LogP contribution is 2.33. The van der Waals surface area contributed by atoms with E-state index >= 15 is 0 Å². The van der Waals surface area contributed by atoms with Gasteiger partial charge in [-0.1, -0.05) is 23.7 Å². The maximum Gasteiger partial charge on any atom is 0.337 e. The number of hydrogen-bond donors (Lipinski definition) is 1. The monoisotopic (exact) mass is 430 g/mol. The number of carbonyl (C=O) groups is 3. The van der Waals surface area contributed by atoms with Gasteiger partial charge >= 0.3 is 11.9 Å². The van der Waals surface area contributed by atoms with Crippen LogP contribution in [0.15, 0.2) is 52.4 Å². The summed E-state index contributed by atoms with van der Waals surface area (Å²) in [6.07, 6.45) is 1.69. The summed E-state index contributed by atoms with van der Waals surface area (Å²) in [5.41, 5.74) is 1.46. The third kappa shape index (κ3) is 4.49. The first-order valence-corrected chi connectivity index (χ1v) is 9.47. The maximum absolute atomic E-state index is 12.5. The number of aliphatic imine (C=N–C) groups is 1. The zero-order valence-corrected chi connectivity index (χ0v) is 17.0. The van der Waals surface area contributed by atoms with Gasteiger partial charge in [-0.25, -0.2) is 14.6 Å². The molecule has 0 aromatic heterocycles. The van der Waals surface area contributed by atoms with E-state index in [1.165, 1.54) is 35.9 Å². The number of carbonyl (C=O) groups excluding carboxylic acids is 2. The topological polar surface area (TPSA) is 96.3 Å². The van der Waals surface area contributed by atoms with E-state index in [-0.39, 0.29) is 16.5 Å². The minimum Gasteiger partial charge on any atom is -0.478 e. The number of ether oxygens (including phenoxy) is 1. The molecule has 2 aromatic rings. The number of esters is 1. The molecule has 0 bridgehead atoms. The van der Waals surface area contributed by atoms with Crippen molar-refractivity contribution >= 4 is 58.1 Å². The molecule has 7 nitrogen and oxygen atoms in total. The highest BCUT2D eigenvalue weighted by atomic mass is 35.5. The van der Waals surface area contributed by atoms with Crippen molar-refractivity contribution in [3.8, 4) is 0 Å². The van der Waals surface area contributed by atoms with Crippen LogP contribution in [-0.4, -0.2) is 47.2 Å². The molecule has 0 unspecified atom stereocenters. The summed E-state index contributed by atoms with van der Waals surface area (Å²) in [5.74, 6) is -1.83. The van der Waals surface area contributed by atoms with Gasteiger partial charge in [0.25, 0.3) is 5.91 Å². The lowest BCUT2D eigenvalue weighted by Crippen LogP contribution is -2.23. The fourth-order valence-corrected chi connectivity index (χ4v) is 3.68. The van der Waals surface area contributed by atoms with E-state index in [9.17, 15) is 19.5 Å². The molecule has 1 fully saturated rings. The van der Waals surface area contributed by atoms with Crippen molar-refractivity contribution in [2.24, 2.45) is 4.99 Å². The van der Waals surface area contributed by atoms with Gasteiger partial charge in [0, 0.05) is 7.05 Å². The minimum absolute atomic E-state index is 0.0630. The number of hydrogen-bond acceptors (Lipinski definition) is 6. The Hall–Kier alpha value is -3.10. The van der Waals surface area contributed by atoms with E-state index in [0.29, 0.717) is 21.3 Å². The standard InChI is InChI=1S/C20H15ClN2O5S/c1-23-17(24)16(9-11-3-5-12(6-4-11)19(27)28-2)29-20(23)22-13-7-8-15(21)14(10-13)18(25)26/h3-10H,1-2H3,(H,25,26)/b16-9-,22-20?. The van der Waals surface area contributed by atoms with Gasteiger partial charge in [0.15, 0.2) is 5.17 Å². The van der Waals surface area contributed by atoms with E-state index in [1.54, 1.807) is 43.5 Å². The number of carboxylic acids is 1. The molecule has 148 valence electrons. The summed E-state index contributed by atoms with van der Waals surface area (Å²) < 4.78 is 4.66. The van der Waals surface area contributed by atoms with Crippen LogP contribution in [0.5, 0.6) is 0 Å². The number of carboxylic acid groups (broad SMARTS) is 1. The number of rotatable bonds is 4. The average molecular weight is 431 g/mol. The molecule has 0 atom stereocenters. The first-order valence-electron chi connectivity index (χ1n) is 8.27. The largest absolute Gasteiger partial charge is 0.478 e. The number of benzene rings is 2. The summed E-state index contributed by atoms with van der Waals surface area (Å²) in [6.45, 7) is 0. The Labute approximate surface area is 175 Å². The molecule has 1 aliphatic rings. The van der Waals surface area contributed by atoms with Gasteiger partial charge in [0.05, 0.1) is 33.9 Å². The molecule has 0 radical (unpaired) electrons. The SMILES string of the molecule is COC(=O)c1ccc(/C=C2\SC(=Nc3ccc(Cl)c(C(=O)O)c3)N(C)C2=O)cc1. The number of aromatic carboxylic acids is 1. The van der Waals surface area contributed by atoms with Gasteiger partial charge in [-0.3, -0.25) is 9.69 Å². The zero-order valence-electron chi connectivity index (χ0n) is 15.4. The molecule has 1 N–H and O–H groups in total. The average Bonchev–Trinajstić information content (AvgIpc) is 2.97. The predicted molar refractivity (Wildman–Crippen MR) is 112 cm³/mol. The number of thioether (sulfide) groups is 1. The molecule has 3 rings (SSSR count). The highest BCUT2D eigenvalue weighted by Gasteiger charge is 2.30. The van der Waals surface area contributed by atoms with Gasteiger partial charge in [0.1, 0.15) is 0 Å². The van der Waals surface area contributed by atoms with Crippen LogP contribution in [0.4, 0.5) is 5.69 Å². The molecule has 29 heavy (non-hydrogen) atoms. The molecule has 2 aromatic carbocycles. The lowest BCUT2D eigenvalue weighted by Gasteiger charge is -2.07. The van der Waals surface area contributed by atoms with Crippen molar-refractivity contribution in [3.63, 3.8) is 0 Å². The number of methoxy groups -OCH3 is 1. The van der Waals surface area contributed by atoms with Crippen LogP contribution in [0, 0.1) is 0 Å². The van der Waals surface area contributed by atoms with Crippen molar-refractivity contribution in [1.29, 1.82) is 0 Å². The van der Waals surface area contributed by atoms with E-state index in [0.717, 1.165) is 5.56 Å². The third-order valence-corrected chi connectivity index (χ3v) is 5.43. The Morgan fingerprint density at radius 2 is 1.90 bits per heavy atom. The molecular weight excluding hydrogens is 416 g/mol. The fraction of sp³-hybridized carbons (Fsp3) is 0.100. The molecular formula is C20H15ClN2O5S. The normalized spacial score (nSPS) is 16.5. The highest BCUT2D eigenvalue weighted by molar-refractivity contribution is 8.18. The summed E-state index contributed by atoms with van der Waals surface area (Å²) >= 11 is 7.04. The summed E-state index contributed by atoms with van der Waals surface area (Å²) in [4.78, 5) is 41.5.